The molecule has 0 bridgehead atoms. The average Bonchev–Trinajstić information content (AvgIpc) is 4.04. The Morgan fingerprint density at radius 2 is 1.43 bits per heavy atom. The second-order valence-corrected chi connectivity index (χ2v) is 15.6. The predicted molar refractivity (Wildman–Crippen MR) is 218 cm³/mol. The second-order valence-electron chi connectivity index (χ2n) is 15.6. The topological polar surface area (TPSA) is 297 Å². The Hall–Kier alpha value is -6.16. The molecule has 63 heavy (non-hydrogen) atoms. The lowest BCUT2D eigenvalue weighted by Crippen LogP contribution is -2.53. The summed E-state index contributed by atoms with van der Waals surface area (Å²) in [5.41, 5.74) is 2.59. The Balaban J connectivity index is 1.13. The van der Waals surface area contributed by atoms with E-state index in [0.717, 1.165) is 5.56 Å². The van der Waals surface area contributed by atoms with Gasteiger partial charge >= 0.3 is 26.2 Å². The van der Waals surface area contributed by atoms with E-state index in [1.54, 1.807) is 18.2 Å². The molecule has 21 nitrogen and oxygen atoms in total. The minimum Gasteiger partial charge on any atom is -0.481 e. The fraction of sp³-hybridized carbons (Fsp3) is 0.475. The van der Waals surface area contributed by atoms with Crippen LogP contribution in [0.1, 0.15) is 102 Å². The van der Waals surface area contributed by atoms with Crippen LogP contribution in [0.3, 0.4) is 0 Å². The van der Waals surface area contributed by atoms with Gasteiger partial charge in [-0.05, 0) is 84.8 Å². The number of amides is 7. The molecule has 0 aliphatic carbocycles. The van der Waals surface area contributed by atoms with Crippen LogP contribution in [-0.2, 0) is 60.9 Å². The molecule has 4 aliphatic rings. The van der Waals surface area contributed by atoms with Gasteiger partial charge in [0, 0.05) is 62.5 Å². The third-order valence-electron chi connectivity index (χ3n) is 11.1. The number of hydroxylamine groups is 2. The summed E-state index contributed by atoms with van der Waals surface area (Å²) in [6.07, 6.45) is 0.887. The molecular weight excluding hydrogens is 826 g/mol. The SMILES string of the molecule is O=C(O)CCCCC(=O)NCCCC[C@H](NC(=O)[C@@H]1C[C@@H](NC(=O)c2ccc3c(c2)B(O)OC3)CN1C(=O)c1ccc2c(c1)B(O)OC2)C(=O)NCCC(=O)ON1C(=O)CCC1=O. The maximum atomic E-state index is 14.3. The number of fused-ring (bicyclic) bond motifs is 2. The van der Waals surface area contributed by atoms with E-state index in [1.807, 2.05) is 0 Å². The molecular formula is C40H48B2N6O15. The van der Waals surface area contributed by atoms with Crippen molar-refractivity contribution in [2.75, 3.05) is 19.6 Å². The number of rotatable bonds is 20. The van der Waals surface area contributed by atoms with E-state index in [4.69, 9.17) is 19.3 Å². The number of hydrogen-bond acceptors (Lipinski definition) is 14. The first kappa shape index (κ1) is 46.3. The molecule has 0 spiro atoms. The summed E-state index contributed by atoms with van der Waals surface area (Å²) < 4.78 is 10.5. The number of carbonyl (C=O) groups is 9. The van der Waals surface area contributed by atoms with Crippen molar-refractivity contribution >= 4 is 78.5 Å². The molecule has 7 N–H and O–H groups in total. The number of carbonyl (C=O) groups excluding carboxylic acids is 8. The number of carboxylic acids is 1. The Labute approximate surface area is 361 Å². The van der Waals surface area contributed by atoms with Crippen molar-refractivity contribution in [3.05, 3.63) is 58.7 Å². The van der Waals surface area contributed by atoms with Crippen LogP contribution in [0.25, 0.3) is 0 Å². The standard InChI is InChI=1S/C40H48B2N6O15/c49-32(6-1-2-7-35(52)53)43-15-4-3-5-30(38(56)44-16-14-36(54)63-48-33(50)12-13-34(48)51)46-39(57)31-19-27(45-37(55)23-8-10-25-21-61-41(59)28(25)17-23)20-47(31)40(58)24-9-11-26-22-62-42(60)29(26)18-24/h8-11,17-18,27,30-31,59-60H,1-7,12-16,19-22H2,(H,43,49)(H,44,56)(H,45,55)(H,46,57)(H,52,53)/t27-,30+,31+/m1/s1. The highest BCUT2D eigenvalue weighted by molar-refractivity contribution is 6.62. The second kappa shape index (κ2) is 21.3. The van der Waals surface area contributed by atoms with Crippen molar-refractivity contribution in [3.8, 4) is 0 Å². The van der Waals surface area contributed by atoms with E-state index in [-0.39, 0.29) is 88.4 Å². The van der Waals surface area contributed by atoms with Gasteiger partial charge in [0.1, 0.15) is 12.1 Å². The lowest BCUT2D eigenvalue weighted by atomic mass is 9.78. The number of nitrogens with zero attached hydrogens (tertiary/aromatic N) is 2. The quantitative estimate of drug-likeness (QED) is 0.0417. The van der Waals surface area contributed by atoms with Gasteiger partial charge in [0.15, 0.2) is 0 Å². The molecule has 4 aliphatic heterocycles. The number of unbranched alkanes of at least 4 members (excludes halogenated alkanes) is 2. The van der Waals surface area contributed by atoms with Crippen molar-refractivity contribution in [2.24, 2.45) is 0 Å². The van der Waals surface area contributed by atoms with E-state index in [0.29, 0.717) is 47.2 Å². The van der Waals surface area contributed by atoms with Gasteiger partial charge in [-0.3, -0.25) is 38.4 Å². The number of aliphatic carboxylic acids is 1. The normalized spacial score (nSPS) is 18.2. The van der Waals surface area contributed by atoms with Crippen LogP contribution >= 0.6 is 0 Å². The summed E-state index contributed by atoms with van der Waals surface area (Å²) in [4.78, 5) is 121. The molecule has 2 fully saturated rings. The first-order valence-corrected chi connectivity index (χ1v) is 20.8. The molecule has 0 aromatic heterocycles. The van der Waals surface area contributed by atoms with Crippen molar-refractivity contribution in [2.45, 2.75) is 102 Å². The van der Waals surface area contributed by atoms with E-state index < -0.39 is 86.2 Å². The summed E-state index contributed by atoms with van der Waals surface area (Å²) in [7, 11) is -2.44. The zero-order valence-electron chi connectivity index (χ0n) is 34.3. The van der Waals surface area contributed by atoms with Crippen LogP contribution in [0.15, 0.2) is 36.4 Å². The Bertz CT molecular complexity index is 2130. The monoisotopic (exact) mass is 874 g/mol. The lowest BCUT2D eigenvalue weighted by molar-refractivity contribution is -0.197. The summed E-state index contributed by atoms with van der Waals surface area (Å²) >= 11 is 0. The summed E-state index contributed by atoms with van der Waals surface area (Å²) in [6, 6.07) is 6.18. The molecule has 0 unspecified atom stereocenters. The van der Waals surface area contributed by atoms with Crippen LogP contribution in [0, 0.1) is 0 Å². The van der Waals surface area contributed by atoms with E-state index in [9.17, 15) is 53.2 Å². The van der Waals surface area contributed by atoms with Crippen molar-refractivity contribution in [1.82, 2.24) is 31.2 Å². The molecule has 0 saturated carbocycles. The smallest absolute Gasteiger partial charge is 0.481 e. The number of hydrogen-bond donors (Lipinski definition) is 7. The Morgan fingerprint density at radius 1 is 0.794 bits per heavy atom. The number of imide groups is 1. The molecule has 6 rings (SSSR count). The molecule has 4 heterocycles. The summed E-state index contributed by atoms with van der Waals surface area (Å²) in [5, 5.41) is 40.6. The van der Waals surface area contributed by atoms with Crippen molar-refractivity contribution in [1.29, 1.82) is 0 Å². The third-order valence-corrected chi connectivity index (χ3v) is 11.1. The minimum absolute atomic E-state index is 0.0463. The van der Waals surface area contributed by atoms with Gasteiger partial charge < -0.3 is 55.5 Å². The molecule has 7 amide bonds. The Kier molecular flexibility index (Phi) is 15.7. The van der Waals surface area contributed by atoms with Gasteiger partial charge in [-0.15, -0.1) is 5.06 Å². The molecule has 23 heteroatoms. The van der Waals surface area contributed by atoms with Gasteiger partial charge in [0.05, 0.1) is 19.6 Å². The number of likely N-dealkylation sites (tertiary alicyclic amines) is 1. The van der Waals surface area contributed by atoms with Gasteiger partial charge in [0.25, 0.3) is 23.6 Å². The van der Waals surface area contributed by atoms with Crippen LogP contribution in [0.2, 0.25) is 0 Å². The molecule has 2 aromatic rings. The van der Waals surface area contributed by atoms with Crippen molar-refractivity contribution in [3.63, 3.8) is 0 Å². The number of nitrogens with one attached hydrogen (secondary N) is 4. The zero-order chi connectivity index (χ0) is 45.2. The predicted octanol–water partition coefficient (Wildman–Crippen LogP) is -2.34. The third kappa shape index (κ3) is 12.1. The highest BCUT2D eigenvalue weighted by Crippen LogP contribution is 2.24. The fourth-order valence-corrected chi connectivity index (χ4v) is 7.66. The number of carboxylic acid groups (broad SMARTS) is 1. The molecule has 2 aromatic carbocycles. The van der Waals surface area contributed by atoms with Crippen LogP contribution in [0.5, 0.6) is 0 Å². The largest absolute Gasteiger partial charge is 0.491 e. The van der Waals surface area contributed by atoms with Gasteiger partial charge in [-0.2, -0.15) is 0 Å². The van der Waals surface area contributed by atoms with Gasteiger partial charge in [-0.25, -0.2) is 4.79 Å². The van der Waals surface area contributed by atoms with Crippen LogP contribution < -0.4 is 32.2 Å². The first-order valence-electron chi connectivity index (χ1n) is 20.8. The Morgan fingerprint density at radius 3 is 2.10 bits per heavy atom. The lowest BCUT2D eigenvalue weighted by Gasteiger charge is -2.26. The maximum Gasteiger partial charge on any atom is 0.491 e. The fourth-order valence-electron chi connectivity index (χ4n) is 7.66. The summed E-state index contributed by atoms with van der Waals surface area (Å²) in [6.45, 7) is 0.141. The van der Waals surface area contributed by atoms with E-state index >= 15 is 0 Å². The van der Waals surface area contributed by atoms with Crippen molar-refractivity contribution < 1.29 is 72.5 Å². The number of benzene rings is 2. The van der Waals surface area contributed by atoms with Gasteiger partial charge in [-0.1, -0.05) is 12.1 Å². The van der Waals surface area contributed by atoms with Crippen LogP contribution in [-0.4, -0.2) is 130 Å². The average molecular weight is 874 g/mol. The summed E-state index contributed by atoms with van der Waals surface area (Å²) in [5.74, 6) is -6.09. The molecule has 2 saturated heterocycles. The molecule has 0 radical (unpaired) electrons. The first-order chi connectivity index (χ1) is 30.2. The molecule has 3 atom stereocenters. The highest BCUT2D eigenvalue weighted by Gasteiger charge is 2.42. The van der Waals surface area contributed by atoms with E-state index in [1.165, 1.54) is 23.1 Å². The zero-order valence-corrected chi connectivity index (χ0v) is 34.3. The van der Waals surface area contributed by atoms with Gasteiger partial charge in [0.2, 0.25) is 17.7 Å². The van der Waals surface area contributed by atoms with E-state index in [2.05, 4.69) is 21.3 Å². The highest BCUT2D eigenvalue weighted by atomic mass is 16.7. The molecule has 334 valence electrons. The van der Waals surface area contributed by atoms with Crippen LogP contribution in [0.4, 0.5) is 0 Å². The minimum atomic E-state index is -1.25. The maximum absolute atomic E-state index is 14.3.